The van der Waals surface area contributed by atoms with Gasteiger partial charge in [-0.15, -0.1) is 11.5 Å². The van der Waals surface area contributed by atoms with Gasteiger partial charge in [-0.1, -0.05) is 0 Å². The summed E-state index contributed by atoms with van der Waals surface area (Å²) < 4.78 is 43.5. The third kappa shape index (κ3) is 4.18. The Kier molecular flexibility index (Phi) is 3.99. The monoisotopic (exact) mass is 278 g/mol. The van der Waals surface area contributed by atoms with E-state index in [-0.39, 0.29) is 6.42 Å². The molecule has 0 saturated carbocycles. The zero-order valence-corrected chi connectivity index (χ0v) is 12.0. The summed E-state index contributed by atoms with van der Waals surface area (Å²) in [5.74, 6) is 0. The van der Waals surface area contributed by atoms with Crippen molar-refractivity contribution in [2.45, 2.75) is 52.2 Å². The fourth-order valence-electron chi connectivity index (χ4n) is 1.82. The predicted molar refractivity (Wildman–Crippen MR) is 68.8 cm³/mol. The topological polar surface area (TPSA) is 29.5 Å². The molecular weight excluding hydrogens is 258 g/mol. The van der Waals surface area contributed by atoms with Gasteiger partial charge in [0.25, 0.3) is 0 Å². The molecule has 7 heteroatoms. The maximum atomic E-state index is 12.8. The van der Waals surface area contributed by atoms with Crippen LogP contribution >= 0.6 is 0 Å². The lowest BCUT2D eigenvalue weighted by Gasteiger charge is -2.44. The molecule has 0 aromatic rings. The van der Waals surface area contributed by atoms with Crippen LogP contribution in [0.15, 0.2) is 11.5 Å². The molecular formula is C12H20BF3NO2-. The van der Waals surface area contributed by atoms with Crippen LogP contribution in [-0.4, -0.2) is 35.7 Å². The molecule has 1 rings (SSSR count). The van der Waals surface area contributed by atoms with E-state index in [1.54, 1.807) is 34.6 Å². The van der Waals surface area contributed by atoms with Gasteiger partial charge in [-0.25, -0.2) is 4.79 Å². The van der Waals surface area contributed by atoms with E-state index in [4.69, 9.17) is 4.74 Å². The summed E-state index contributed by atoms with van der Waals surface area (Å²) in [4.78, 5) is 13.2. The minimum Gasteiger partial charge on any atom is -0.445 e. The molecule has 0 saturated heterocycles. The number of amides is 1. The van der Waals surface area contributed by atoms with Crippen LogP contribution in [-0.2, 0) is 4.74 Å². The smallest absolute Gasteiger partial charge is 0.445 e. The Morgan fingerprint density at radius 3 is 2.32 bits per heavy atom. The average molecular weight is 278 g/mol. The number of hydrogen-bond donors (Lipinski definition) is 0. The van der Waals surface area contributed by atoms with Crippen molar-refractivity contribution in [3.8, 4) is 0 Å². The summed E-state index contributed by atoms with van der Waals surface area (Å²) in [7, 11) is 0. The van der Waals surface area contributed by atoms with Crippen molar-refractivity contribution in [2.75, 3.05) is 6.54 Å². The molecule has 3 nitrogen and oxygen atoms in total. The molecule has 0 N–H and O–H groups in total. The number of ether oxygens (including phenoxy) is 1. The molecule has 1 heterocycles. The van der Waals surface area contributed by atoms with Crippen LogP contribution in [0.4, 0.5) is 17.7 Å². The summed E-state index contributed by atoms with van der Waals surface area (Å²) in [6.45, 7) is 3.02. The Bertz CT molecular complexity index is 397. The van der Waals surface area contributed by atoms with Crippen LogP contribution < -0.4 is 0 Å². The van der Waals surface area contributed by atoms with Crippen molar-refractivity contribution in [1.29, 1.82) is 0 Å². The van der Waals surface area contributed by atoms with E-state index in [2.05, 4.69) is 0 Å². The van der Waals surface area contributed by atoms with E-state index in [1.165, 1.54) is 6.08 Å². The van der Waals surface area contributed by atoms with Crippen molar-refractivity contribution in [3.63, 3.8) is 0 Å². The summed E-state index contributed by atoms with van der Waals surface area (Å²) in [6.07, 6.45) is 0.645. The fourth-order valence-corrected chi connectivity index (χ4v) is 1.82. The highest BCUT2D eigenvalue weighted by Gasteiger charge is 2.40. The Morgan fingerprint density at radius 1 is 1.37 bits per heavy atom. The highest BCUT2D eigenvalue weighted by atomic mass is 19.4. The summed E-state index contributed by atoms with van der Waals surface area (Å²) in [6, 6.07) is 0. The van der Waals surface area contributed by atoms with Gasteiger partial charge >= 0.3 is 13.1 Å². The first-order valence-corrected chi connectivity index (χ1v) is 6.22. The highest BCUT2D eigenvalue weighted by molar-refractivity contribution is 6.67. The van der Waals surface area contributed by atoms with Gasteiger partial charge in [0.15, 0.2) is 0 Å². The van der Waals surface area contributed by atoms with Crippen LogP contribution in [0, 0.1) is 0 Å². The maximum absolute atomic E-state index is 12.8. The number of rotatable bonds is 1. The van der Waals surface area contributed by atoms with Crippen molar-refractivity contribution in [2.24, 2.45) is 0 Å². The van der Waals surface area contributed by atoms with Crippen LogP contribution in [0.25, 0.3) is 0 Å². The SMILES string of the molecule is CC(C)(C)OC(=O)N1CC([B-](F)(F)F)=CCC1(C)C. The van der Waals surface area contributed by atoms with Gasteiger partial charge in [0.05, 0.1) is 0 Å². The number of carbonyl (C=O) groups excluding carboxylic acids is 1. The van der Waals surface area contributed by atoms with Crippen LogP contribution in [0.5, 0.6) is 0 Å². The zero-order valence-electron chi connectivity index (χ0n) is 12.0. The highest BCUT2D eigenvalue weighted by Crippen LogP contribution is 2.33. The number of halogens is 3. The predicted octanol–water partition coefficient (Wildman–Crippen LogP) is 3.72. The Balaban J connectivity index is 2.94. The molecule has 0 spiro atoms. The van der Waals surface area contributed by atoms with E-state index in [0.29, 0.717) is 0 Å². The second-order valence-corrected chi connectivity index (χ2v) is 6.44. The summed E-state index contributed by atoms with van der Waals surface area (Å²) >= 11 is 0. The molecule has 0 atom stereocenters. The van der Waals surface area contributed by atoms with Crippen LogP contribution in [0.3, 0.4) is 0 Å². The normalized spacial score (nSPS) is 20.0. The van der Waals surface area contributed by atoms with E-state index in [9.17, 15) is 17.7 Å². The molecule has 0 fully saturated rings. The first kappa shape index (κ1) is 15.9. The van der Waals surface area contributed by atoms with Crippen molar-refractivity contribution < 1.29 is 22.5 Å². The molecule has 0 aromatic heterocycles. The van der Waals surface area contributed by atoms with Gasteiger partial charge < -0.3 is 22.6 Å². The van der Waals surface area contributed by atoms with Gasteiger partial charge in [-0.3, -0.25) is 0 Å². The molecule has 0 bridgehead atoms. The molecule has 1 aliphatic heterocycles. The lowest BCUT2D eigenvalue weighted by molar-refractivity contribution is 0.00476. The van der Waals surface area contributed by atoms with Gasteiger partial charge in [0, 0.05) is 12.1 Å². The first-order valence-electron chi connectivity index (χ1n) is 6.22. The molecule has 0 radical (unpaired) electrons. The summed E-state index contributed by atoms with van der Waals surface area (Å²) in [5, 5.41) is 0. The van der Waals surface area contributed by atoms with Gasteiger partial charge in [0.2, 0.25) is 0 Å². The molecule has 1 amide bonds. The maximum Gasteiger partial charge on any atom is 0.507 e. The van der Waals surface area contributed by atoms with Crippen molar-refractivity contribution >= 4 is 13.1 Å². The third-order valence-corrected chi connectivity index (χ3v) is 2.97. The van der Waals surface area contributed by atoms with Gasteiger partial charge in [-0.05, 0) is 41.0 Å². The minimum atomic E-state index is -5.06. The largest absolute Gasteiger partial charge is 0.507 e. The fraction of sp³-hybridized carbons (Fsp3) is 0.750. The van der Waals surface area contributed by atoms with Gasteiger partial charge in [0.1, 0.15) is 5.60 Å². The molecule has 0 unspecified atom stereocenters. The molecule has 0 aromatic carbocycles. The third-order valence-electron chi connectivity index (χ3n) is 2.97. The standard InChI is InChI=1S/C12H20BF3NO2/c1-11(2,3)19-10(18)17-8-9(13(14,15)16)6-7-12(17,4)5/h6H,7-8H2,1-5H3/q-1. The Labute approximate surface area is 111 Å². The van der Waals surface area contributed by atoms with Crippen LogP contribution in [0.1, 0.15) is 41.0 Å². The number of nitrogens with zero attached hydrogens (tertiary/aromatic N) is 1. The lowest BCUT2D eigenvalue weighted by atomic mass is 9.74. The second-order valence-electron chi connectivity index (χ2n) is 6.44. The van der Waals surface area contributed by atoms with E-state index in [0.717, 1.165) is 4.90 Å². The molecule has 19 heavy (non-hydrogen) atoms. The van der Waals surface area contributed by atoms with Gasteiger partial charge in [-0.2, -0.15) is 0 Å². The Hall–Kier alpha value is -1.14. The number of hydrogen-bond acceptors (Lipinski definition) is 2. The van der Waals surface area contributed by atoms with E-state index >= 15 is 0 Å². The molecule has 1 aliphatic rings. The first-order chi connectivity index (χ1) is 8.33. The lowest BCUT2D eigenvalue weighted by Crippen LogP contribution is -2.53. The zero-order chi connectivity index (χ0) is 15.1. The molecule has 110 valence electrons. The molecule has 0 aliphatic carbocycles. The average Bonchev–Trinajstić information content (AvgIpc) is 2.11. The summed E-state index contributed by atoms with van der Waals surface area (Å²) in [5.41, 5.74) is -2.03. The second kappa shape index (κ2) is 4.76. The quantitative estimate of drug-likeness (QED) is 0.684. The van der Waals surface area contributed by atoms with Crippen LogP contribution in [0.2, 0.25) is 0 Å². The van der Waals surface area contributed by atoms with Crippen molar-refractivity contribution in [3.05, 3.63) is 11.5 Å². The van der Waals surface area contributed by atoms with Crippen molar-refractivity contribution in [1.82, 2.24) is 4.90 Å². The Morgan fingerprint density at radius 2 is 1.89 bits per heavy atom. The minimum absolute atomic E-state index is 0.169. The van der Waals surface area contributed by atoms with E-state index in [1.807, 2.05) is 0 Å². The number of carbonyl (C=O) groups is 1. The van der Waals surface area contributed by atoms with E-state index < -0.39 is 36.2 Å².